The molecule has 1 aliphatic rings. The number of ketones is 1. The second kappa shape index (κ2) is 10.6. The van der Waals surface area contributed by atoms with Crippen LogP contribution in [0.3, 0.4) is 0 Å². The van der Waals surface area contributed by atoms with Crippen LogP contribution in [0.25, 0.3) is 0 Å². The number of carbonyl (C=O) groups excluding carboxylic acids is 3. The molecule has 0 aromatic heterocycles. The van der Waals surface area contributed by atoms with Gasteiger partial charge in [-0.2, -0.15) is 0 Å². The van der Waals surface area contributed by atoms with Crippen LogP contribution in [0.1, 0.15) is 21.5 Å². The summed E-state index contributed by atoms with van der Waals surface area (Å²) >= 11 is 6.02. The standard InChI is InChI=1S/C26H22ClFN2O5/c1-16-10-20(7-8-21(16)27)34-14-23(31)18-4-9-24-22(11-18)30(26(33)15-35-24)13-25(32)29-12-17-2-5-19(28)6-3-17/h2-11H,12-15H2,1H3,(H,29,32). The summed E-state index contributed by atoms with van der Waals surface area (Å²) in [4.78, 5) is 39.1. The van der Waals surface area contributed by atoms with Crippen LogP contribution in [0, 0.1) is 12.7 Å². The summed E-state index contributed by atoms with van der Waals surface area (Å²) in [6.45, 7) is 1.33. The van der Waals surface area contributed by atoms with Gasteiger partial charge < -0.3 is 14.8 Å². The number of halogens is 2. The number of nitrogens with zero attached hydrogens (tertiary/aromatic N) is 1. The number of fused-ring (bicyclic) bond motifs is 1. The van der Waals surface area contributed by atoms with E-state index in [4.69, 9.17) is 21.1 Å². The van der Waals surface area contributed by atoms with Gasteiger partial charge in [0, 0.05) is 17.1 Å². The van der Waals surface area contributed by atoms with E-state index < -0.39 is 11.8 Å². The molecule has 35 heavy (non-hydrogen) atoms. The fourth-order valence-corrected chi connectivity index (χ4v) is 3.61. The Kier molecular flexibility index (Phi) is 7.31. The van der Waals surface area contributed by atoms with Gasteiger partial charge in [-0.05, 0) is 66.6 Å². The zero-order valence-corrected chi connectivity index (χ0v) is 19.6. The summed E-state index contributed by atoms with van der Waals surface area (Å²) in [5, 5.41) is 3.31. The number of hydrogen-bond donors (Lipinski definition) is 1. The molecule has 1 N–H and O–H groups in total. The fraction of sp³-hybridized carbons (Fsp3) is 0.192. The average molecular weight is 497 g/mol. The van der Waals surface area contributed by atoms with Crippen LogP contribution in [-0.4, -0.2) is 37.4 Å². The van der Waals surface area contributed by atoms with Crippen molar-refractivity contribution in [3.8, 4) is 11.5 Å². The Morgan fingerprint density at radius 2 is 1.89 bits per heavy atom. The molecule has 0 saturated carbocycles. The highest BCUT2D eigenvalue weighted by molar-refractivity contribution is 6.31. The van der Waals surface area contributed by atoms with Gasteiger partial charge in [0.05, 0.1) is 5.69 Å². The quantitative estimate of drug-likeness (QED) is 0.475. The van der Waals surface area contributed by atoms with Gasteiger partial charge in [-0.1, -0.05) is 23.7 Å². The number of rotatable bonds is 8. The monoisotopic (exact) mass is 496 g/mol. The Balaban J connectivity index is 1.43. The van der Waals surface area contributed by atoms with Crippen LogP contribution in [0.4, 0.5) is 10.1 Å². The number of carbonyl (C=O) groups is 3. The number of Topliss-reactive ketones (excluding diaryl/α,β-unsaturated/α-hetero) is 1. The van der Waals surface area contributed by atoms with E-state index in [-0.39, 0.29) is 37.9 Å². The molecule has 0 atom stereocenters. The van der Waals surface area contributed by atoms with Crippen molar-refractivity contribution in [1.82, 2.24) is 5.32 Å². The summed E-state index contributed by atoms with van der Waals surface area (Å²) < 4.78 is 24.1. The lowest BCUT2D eigenvalue weighted by molar-refractivity contribution is -0.125. The molecular formula is C26H22ClFN2O5. The van der Waals surface area contributed by atoms with Gasteiger partial charge in [0.1, 0.15) is 23.9 Å². The Bertz CT molecular complexity index is 1280. The maximum atomic E-state index is 13.1. The van der Waals surface area contributed by atoms with E-state index >= 15 is 0 Å². The average Bonchev–Trinajstić information content (AvgIpc) is 2.85. The zero-order valence-electron chi connectivity index (χ0n) is 18.8. The third-order valence-corrected chi connectivity index (χ3v) is 5.85. The van der Waals surface area contributed by atoms with E-state index in [1.807, 2.05) is 6.92 Å². The second-order valence-electron chi connectivity index (χ2n) is 7.98. The molecule has 9 heteroatoms. The van der Waals surface area contributed by atoms with E-state index in [0.29, 0.717) is 27.8 Å². The molecule has 7 nitrogen and oxygen atoms in total. The molecule has 0 saturated heterocycles. The van der Waals surface area contributed by atoms with Crippen LogP contribution in [0.5, 0.6) is 11.5 Å². The highest BCUT2D eigenvalue weighted by Gasteiger charge is 2.28. The van der Waals surface area contributed by atoms with E-state index in [0.717, 1.165) is 11.1 Å². The van der Waals surface area contributed by atoms with Crippen molar-refractivity contribution in [3.63, 3.8) is 0 Å². The van der Waals surface area contributed by atoms with E-state index in [1.54, 1.807) is 42.5 Å². The first-order valence-corrected chi connectivity index (χ1v) is 11.2. The van der Waals surface area contributed by atoms with Crippen molar-refractivity contribution < 1.29 is 28.2 Å². The molecule has 0 aliphatic carbocycles. The van der Waals surface area contributed by atoms with Gasteiger partial charge in [-0.3, -0.25) is 19.3 Å². The van der Waals surface area contributed by atoms with Gasteiger partial charge >= 0.3 is 0 Å². The first-order valence-electron chi connectivity index (χ1n) is 10.8. The lowest BCUT2D eigenvalue weighted by Crippen LogP contribution is -2.45. The lowest BCUT2D eigenvalue weighted by atomic mass is 10.1. The molecule has 180 valence electrons. The van der Waals surface area contributed by atoms with E-state index in [2.05, 4.69) is 5.32 Å². The molecule has 0 unspecified atom stereocenters. The smallest absolute Gasteiger partial charge is 0.265 e. The third-order valence-electron chi connectivity index (χ3n) is 5.43. The highest BCUT2D eigenvalue weighted by Crippen LogP contribution is 2.33. The number of benzene rings is 3. The zero-order chi connectivity index (χ0) is 24.9. The fourth-order valence-electron chi connectivity index (χ4n) is 3.49. The number of amides is 2. The first-order chi connectivity index (χ1) is 16.8. The van der Waals surface area contributed by atoms with Crippen molar-refractivity contribution in [1.29, 1.82) is 0 Å². The minimum absolute atomic E-state index is 0.185. The molecule has 1 aliphatic heterocycles. The number of hydrogen-bond acceptors (Lipinski definition) is 5. The highest BCUT2D eigenvalue weighted by atomic mass is 35.5. The number of nitrogens with one attached hydrogen (secondary N) is 1. The first kappa shape index (κ1) is 24.2. The minimum Gasteiger partial charge on any atom is -0.485 e. The molecule has 0 spiro atoms. The summed E-state index contributed by atoms with van der Waals surface area (Å²) in [5.74, 6) is -0.590. The molecule has 2 amide bonds. The Hall–Kier alpha value is -3.91. The van der Waals surface area contributed by atoms with Crippen molar-refractivity contribution in [2.24, 2.45) is 0 Å². The van der Waals surface area contributed by atoms with Crippen molar-refractivity contribution >= 4 is 34.9 Å². The van der Waals surface area contributed by atoms with Crippen LogP contribution in [0.2, 0.25) is 5.02 Å². The largest absolute Gasteiger partial charge is 0.485 e. The lowest BCUT2D eigenvalue weighted by Gasteiger charge is -2.29. The second-order valence-corrected chi connectivity index (χ2v) is 8.38. The SMILES string of the molecule is Cc1cc(OCC(=O)c2ccc3c(c2)N(CC(=O)NCc2ccc(F)cc2)C(=O)CO3)ccc1Cl. The van der Waals surface area contributed by atoms with Crippen molar-refractivity contribution in [2.45, 2.75) is 13.5 Å². The van der Waals surface area contributed by atoms with Gasteiger partial charge in [-0.25, -0.2) is 4.39 Å². The van der Waals surface area contributed by atoms with Crippen LogP contribution >= 0.6 is 11.6 Å². The summed E-state index contributed by atoms with van der Waals surface area (Å²) in [6, 6.07) is 15.5. The van der Waals surface area contributed by atoms with Crippen molar-refractivity contribution in [3.05, 3.63) is 88.2 Å². The number of anilines is 1. The Morgan fingerprint density at radius 3 is 2.63 bits per heavy atom. The molecule has 4 rings (SSSR count). The van der Waals surface area contributed by atoms with Crippen LogP contribution in [-0.2, 0) is 16.1 Å². The van der Waals surface area contributed by atoms with E-state index in [1.165, 1.54) is 23.1 Å². The summed E-state index contributed by atoms with van der Waals surface area (Å²) in [5.41, 5.74) is 2.18. The number of aryl methyl sites for hydroxylation is 1. The molecule has 1 heterocycles. The summed E-state index contributed by atoms with van der Waals surface area (Å²) in [7, 11) is 0. The molecule has 3 aromatic rings. The number of ether oxygens (including phenoxy) is 2. The van der Waals surface area contributed by atoms with Gasteiger partial charge in [0.15, 0.2) is 19.0 Å². The Morgan fingerprint density at radius 1 is 1.11 bits per heavy atom. The minimum atomic E-state index is -0.410. The maximum absolute atomic E-state index is 13.1. The molecule has 3 aromatic carbocycles. The predicted molar refractivity (Wildman–Crippen MR) is 129 cm³/mol. The molecule has 0 radical (unpaired) electrons. The van der Waals surface area contributed by atoms with Crippen LogP contribution < -0.4 is 19.7 Å². The summed E-state index contributed by atoms with van der Waals surface area (Å²) in [6.07, 6.45) is 0. The molecule has 0 fully saturated rings. The molecule has 0 bridgehead atoms. The predicted octanol–water partition coefficient (Wildman–Crippen LogP) is 4.09. The van der Waals surface area contributed by atoms with Gasteiger partial charge in [-0.15, -0.1) is 0 Å². The van der Waals surface area contributed by atoms with E-state index in [9.17, 15) is 18.8 Å². The van der Waals surface area contributed by atoms with Gasteiger partial charge in [0.2, 0.25) is 5.91 Å². The normalized spacial score (nSPS) is 12.5. The molecular weight excluding hydrogens is 475 g/mol. The topological polar surface area (TPSA) is 84.9 Å². The Labute approximate surface area is 206 Å². The van der Waals surface area contributed by atoms with Crippen molar-refractivity contribution in [2.75, 3.05) is 24.7 Å². The van der Waals surface area contributed by atoms with Gasteiger partial charge in [0.25, 0.3) is 5.91 Å². The van der Waals surface area contributed by atoms with Crippen LogP contribution in [0.15, 0.2) is 60.7 Å². The maximum Gasteiger partial charge on any atom is 0.265 e. The third kappa shape index (κ3) is 5.96.